The van der Waals surface area contributed by atoms with Crippen LogP contribution in [-0.4, -0.2) is 33.6 Å². The van der Waals surface area contributed by atoms with Gasteiger partial charge in [-0.2, -0.15) is 0 Å². The molecule has 9 heteroatoms. The van der Waals surface area contributed by atoms with Crippen molar-refractivity contribution < 1.29 is 22.7 Å². The third-order valence-corrected chi connectivity index (χ3v) is 5.50. The smallest absolute Gasteiger partial charge is 0.265 e. The van der Waals surface area contributed by atoms with Gasteiger partial charge in [0.25, 0.3) is 5.91 Å². The lowest BCUT2D eigenvalue weighted by molar-refractivity contribution is -0.122. The lowest BCUT2D eigenvalue weighted by Gasteiger charge is -2.17. The molecule has 0 aromatic heterocycles. The van der Waals surface area contributed by atoms with Crippen molar-refractivity contribution in [2.45, 2.75) is 37.8 Å². The number of nitrogens with one attached hydrogen (secondary N) is 2. The summed E-state index contributed by atoms with van der Waals surface area (Å²) in [5.41, 5.74) is 0.223. The standard InChI is InChI=1S/C19H23ClN2O5S/c1-12(2)22-28(24,25)16-8-9-18(26-4)17(11-16)21-19(23)13(3)27-15-7-5-6-14(20)10-15/h5-13,22H,1-4H3,(H,21,23)/t13-/m1/s1. The second kappa shape index (κ2) is 9.27. The van der Waals surface area contributed by atoms with E-state index in [0.29, 0.717) is 16.5 Å². The molecule has 0 spiro atoms. The van der Waals surface area contributed by atoms with Gasteiger partial charge < -0.3 is 14.8 Å². The highest BCUT2D eigenvalue weighted by Gasteiger charge is 2.21. The summed E-state index contributed by atoms with van der Waals surface area (Å²) in [5, 5.41) is 3.14. The largest absolute Gasteiger partial charge is 0.495 e. The van der Waals surface area contributed by atoms with Gasteiger partial charge in [0.05, 0.1) is 17.7 Å². The predicted molar refractivity (Wildman–Crippen MR) is 109 cm³/mol. The van der Waals surface area contributed by atoms with Crippen molar-refractivity contribution in [1.82, 2.24) is 4.72 Å². The normalized spacial score (nSPS) is 12.5. The summed E-state index contributed by atoms with van der Waals surface area (Å²) in [7, 11) is -2.29. The maximum absolute atomic E-state index is 12.5. The maximum Gasteiger partial charge on any atom is 0.265 e. The number of halogens is 1. The number of hydrogen-bond donors (Lipinski definition) is 2. The third-order valence-electron chi connectivity index (χ3n) is 3.61. The minimum atomic E-state index is -3.72. The van der Waals surface area contributed by atoms with Crippen LogP contribution in [0, 0.1) is 0 Å². The number of hydrogen-bond acceptors (Lipinski definition) is 5. The number of carbonyl (C=O) groups excluding carboxylic acids is 1. The van der Waals surface area contributed by atoms with Gasteiger partial charge in [-0.25, -0.2) is 13.1 Å². The number of rotatable bonds is 8. The van der Waals surface area contributed by atoms with E-state index in [1.807, 2.05) is 0 Å². The van der Waals surface area contributed by atoms with Crippen LogP contribution in [0.5, 0.6) is 11.5 Å². The Bertz CT molecular complexity index is 947. The van der Waals surface area contributed by atoms with E-state index in [0.717, 1.165) is 0 Å². The average Bonchev–Trinajstić information content (AvgIpc) is 2.60. The zero-order valence-electron chi connectivity index (χ0n) is 16.0. The highest BCUT2D eigenvalue weighted by Crippen LogP contribution is 2.28. The first-order chi connectivity index (χ1) is 13.1. The molecule has 2 rings (SSSR count). The summed E-state index contributed by atoms with van der Waals surface area (Å²) in [6.45, 7) is 5.01. The Hall–Kier alpha value is -2.29. The Morgan fingerprint density at radius 2 is 1.82 bits per heavy atom. The fraction of sp³-hybridized carbons (Fsp3) is 0.316. The molecule has 2 N–H and O–H groups in total. The highest BCUT2D eigenvalue weighted by atomic mass is 35.5. The monoisotopic (exact) mass is 426 g/mol. The van der Waals surface area contributed by atoms with Crippen molar-refractivity contribution in [3.8, 4) is 11.5 Å². The Morgan fingerprint density at radius 1 is 1.11 bits per heavy atom. The van der Waals surface area contributed by atoms with Gasteiger partial charge in [0.15, 0.2) is 6.10 Å². The van der Waals surface area contributed by atoms with Gasteiger partial charge >= 0.3 is 0 Å². The molecule has 2 aromatic carbocycles. The van der Waals surface area contributed by atoms with Crippen LogP contribution in [0.4, 0.5) is 5.69 Å². The van der Waals surface area contributed by atoms with E-state index >= 15 is 0 Å². The Kier molecular flexibility index (Phi) is 7.29. The molecule has 2 aromatic rings. The van der Waals surface area contributed by atoms with Gasteiger partial charge in [-0.3, -0.25) is 4.79 Å². The number of benzene rings is 2. The van der Waals surface area contributed by atoms with Crippen molar-refractivity contribution >= 4 is 33.2 Å². The minimum Gasteiger partial charge on any atom is -0.495 e. The molecule has 0 radical (unpaired) electrons. The lowest BCUT2D eigenvalue weighted by Crippen LogP contribution is -2.31. The SMILES string of the molecule is COc1ccc(S(=O)(=O)NC(C)C)cc1NC(=O)[C@@H](C)Oc1cccc(Cl)c1. The molecule has 0 saturated heterocycles. The lowest BCUT2D eigenvalue weighted by atomic mass is 10.2. The molecule has 28 heavy (non-hydrogen) atoms. The van der Waals surface area contributed by atoms with Crippen molar-refractivity contribution in [2.24, 2.45) is 0 Å². The van der Waals surface area contributed by atoms with E-state index in [2.05, 4.69) is 10.0 Å². The molecule has 0 aliphatic rings. The molecule has 0 fully saturated rings. The number of amides is 1. The molecule has 0 unspecified atom stereocenters. The first-order valence-electron chi connectivity index (χ1n) is 8.56. The van der Waals surface area contributed by atoms with Crippen LogP contribution >= 0.6 is 11.6 Å². The second-order valence-corrected chi connectivity index (χ2v) is 8.50. The van der Waals surface area contributed by atoms with Gasteiger partial charge in [-0.05, 0) is 57.2 Å². The fourth-order valence-corrected chi connectivity index (χ4v) is 3.82. The molecule has 0 bridgehead atoms. The van der Waals surface area contributed by atoms with Crippen molar-refractivity contribution in [2.75, 3.05) is 12.4 Å². The number of anilines is 1. The molecule has 0 heterocycles. The molecular formula is C19H23ClN2O5S. The summed E-state index contributed by atoms with van der Waals surface area (Å²) < 4.78 is 38.1. The van der Waals surface area contributed by atoms with E-state index in [9.17, 15) is 13.2 Å². The first kappa shape index (κ1) is 22.0. The predicted octanol–water partition coefficient (Wildman–Crippen LogP) is 3.44. The van der Waals surface area contributed by atoms with Crippen LogP contribution in [0.15, 0.2) is 47.4 Å². The van der Waals surface area contributed by atoms with E-state index in [1.54, 1.807) is 45.0 Å². The molecule has 0 aliphatic carbocycles. The average molecular weight is 427 g/mol. The zero-order valence-corrected chi connectivity index (χ0v) is 17.6. The van der Waals surface area contributed by atoms with Gasteiger partial charge in [-0.1, -0.05) is 17.7 Å². The van der Waals surface area contributed by atoms with Gasteiger partial charge in [-0.15, -0.1) is 0 Å². The van der Waals surface area contributed by atoms with Crippen LogP contribution in [0.1, 0.15) is 20.8 Å². The number of methoxy groups -OCH3 is 1. The minimum absolute atomic E-state index is 0.0145. The molecule has 0 saturated carbocycles. The van der Waals surface area contributed by atoms with E-state index in [1.165, 1.54) is 25.3 Å². The third kappa shape index (κ3) is 5.85. The Labute approximate surface area is 170 Å². The molecule has 152 valence electrons. The first-order valence-corrected chi connectivity index (χ1v) is 10.4. The Morgan fingerprint density at radius 3 is 2.43 bits per heavy atom. The van der Waals surface area contributed by atoms with Crippen LogP contribution in [0.25, 0.3) is 0 Å². The fourth-order valence-electron chi connectivity index (χ4n) is 2.36. The van der Waals surface area contributed by atoms with Crippen molar-refractivity contribution in [1.29, 1.82) is 0 Å². The van der Waals surface area contributed by atoms with Gasteiger partial charge in [0.2, 0.25) is 10.0 Å². The summed E-state index contributed by atoms with van der Waals surface area (Å²) >= 11 is 5.91. The molecule has 1 amide bonds. The second-order valence-electron chi connectivity index (χ2n) is 6.34. The maximum atomic E-state index is 12.5. The van der Waals surface area contributed by atoms with E-state index < -0.39 is 22.0 Å². The summed E-state index contributed by atoms with van der Waals surface area (Å²) in [5.74, 6) is 0.302. The Balaban J connectivity index is 2.21. The van der Waals surface area contributed by atoms with Crippen LogP contribution in [0.2, 0.25) is 5.02 Å². The molecule has 1 atom stereocenters. The zero-order chi connectivity index (χ0) is 20.9. The van der Waals surface area contributed by atoms with Crippen molar-refractivity contribution in [3.05, 3.63) is 47.5 Å². The molecule has 0 aliphatic heterocycles. The number of sulfonamides is 1. The van der Waals surface area contributed by atoms with Gasteiger partial charge in [0, 0.05) is 11.1 Å². The van der Waals surface area contributed by atoms with E-state index in [4.69, 9.17) is 21.1 Å². The van der Waals surface area contributed by atoms with Crippen LogP contribution < -0.4 is 19.5 Å². The molecular weight excluding hydrogens is 404 g/mol. The van der Waals surface area contributed by atoms with Crippen LogP contribution in [-0.2, 0) is 14.8 Å². The topological polar surface area (TPSA) is 93.7 Å². The van der Waals surface area contributed by atoms with E-state index in [-0.39, 0.29) is 16.6 Å². The summed E-state index contributed by atoms with van der Waals surface area (Å²) in [4.78, 5) is 12.5. The van der Waals surface area contributed by atoms with Gasteiger partial charge in [0.1, 0.15) is 11.5 Å². The molecule has 7 nitrogen and oxygen atoms in total. The quantitative estimate of drug-likeness (QED) is 0.674. The highest BCUT2D eigenvalue weighted by molar-refractivity contribution is 7.89. The summed E-state index contributed by atoms with van der Waals surface area (Å²) in [6.07, 6.45) is -0.850. The number of ether oxygens (including phenoxy) is 2. The van der Waals surface area contributed by atoms with Crippen molar-refractivity contribution in [3.63, 3.8) is 0 Å². The van der Waals surface area contributed by atoms with Crippen LogP contribution in [0.3, 0.4) is 0 Å². The summed E-state index contributed by atoms with van der Waals surface area (Å²) in [6, 6.07) is 10.6. The number of carbonyl (C=O) groups is 1.